The number of nitro benzene ring substituents is 1. The lowest BCUT2D eigenvalue weighted by atomic mass is 10.0. The van der Waals surface area contributed by atoms with Crippen LogP contribution in [-0.4, -0.2) is 4.92 Å². The van der Waals surface area contributed by atoms with Crippen molar-refractivity contribution in [2.45, 2.75) is 6.42 Å². The summed E-state index contributed by atoms with van der Waals surface area (Å²) in [5.41, 5.74) is 2.21. The van der Waals surface area contributed by atoms with E-state index in [-0.39, 0.29) is 10.6 Å². The molecule has 0 bridgehead atoms. The molecule has 2 rings (SSSR count). The normalized spacial score (nSPS) is 9.72. The molecule has 2 aromatic carbocycles. The number of hydrogen-bond acceptors (Lipinski definition) is 3. The van der Waals surface area contributed by atoms with E-state index in [1.54, 1.807) is 36.4 Å². The molecular formula is C14H10N2O2. The van der Waals surface area contributed by atoms with Crippen molar-refractivity contribution in [1.82, 2.24) is 0 Å². The second kappa shape index (κ2) is 5.11. The zero-order valence-electron chi connectivity index (χ0n) is 9.54. The number of para-hydroxylation sites is 1. The molecule has 0 fully saturated rings. The second-order valence-corrected chi connectivity index (χ2v) is 3.87. The van der Waals surface area contributed by atoms with Crippen LogP contribution in [0.5, 0.6) is 0 Å². The van der Waals surface area contributed by atoms with Crippen molar-refractivity contribution in [3.05, 3.63) is 75.3 Å². The van der Waals surface area contributed by atoms with Crippen molar-refractivity contribution >= 4 is 5.69 Å². The van der Waals surface area contributed by atoms with Gasteiger partial charge in [-0.2, -0.15) is 5.26 Å². The van der Waals surface area contributed by atoms with Crippen molar-refractivity contribution in [2.75, 3.05) is 0 Å². The van der Waals surface area contributed by atoms with Crippen LogP contribution in [0.25, 0.3) is 0 Å². The Morgan fingerprint density at radius 2 is 1.94 bits per heavy atom. The van der Waals surface area contributed by atoms with E-state index in [4.69, 9.17) is 5.26 Å². The standard InChI is InChI=1S/C14H10N2O2/c15-10-12-5-3-4-11(8-12)9-13-6-1-2-7-14(13)16(17)18/h1-8H,9H2. The molecule has 2 aromatic rings. The third-order valence-corrected chi connectivity index (χ3v) is 2.64. The Labute approximate surface area is 104 Å². The first kappa shape index (κ1) is 11.8. The maximum Gasteiger partial charge on any atom is 0.272 e. The van der Waals surface area contributed by atoms with Crippen molar-refractivity contribution in [1.29, 1.82) is 5.26 Å². The van der Waals surface area contributed by atoms with Gasteiger partial charge in [0.1, 0.15) is 0 Å². The maximum absolute atomic E-state index is 10.9. The summed E-state index contributed by atoms with van der Waals surface area (Å²) in [5, 5.41) is 19.7. The first-order valence-electron chi connectivity index (χ1n) is 5.42. The summed E-state index contributed by atoms with van der Waals surface area (Å²) in [6, 6.07) is 15.8. The van der Waals surface area contributed by atoms with E-state index in [0.717, 1.165) is 5.56 Å². The Morgan fingerprint density at radius 3 is 2.67 bits per heavy atom. The largest absolute Gasteiger partial charge is 0.272 e. The second-order valence-electron chi connectivity index (χ2n) is 3.87. The van der Waals surface area contributed by atoms with Crippen LogP contribution in [-0.2, 0) is 6.42 Å². The fourth-order valence-electron chi connectivity index (χ4n) is 1.81. The number of nitro groups is 1. The topological polar surface area (TPSA) is 66.9 Å². The smallest absolute Gasteiger partial charge is 0.258 e. The third kappa shape index (κ3) is 2.53. The highest BCUT2D eigenvalue weighted by atomic mass is 16.6. The molecule has 0 heterocycles. The SMILES string of the molecule is N#Cc1cccc(Cc2ccccc2[N+](=O)[O-])c1. The summed E-state index contributed by atoms with van der Waals surface area (Å²) in [7, 11) is 0. The number of nitrogens with zero attached hydrogens (tertiary/aromatic N) is 2. The van der Waals surface area contributed by atoms with Crippen molar-refractivity contribution in [3.63, 3.8) is 0 Å². The minimum Gasteiger partial charge on any atom is -0.258 e. The van der Waals surface area contributed by atoms with Crippen LogP contribution in [0.2, 0.25) is 0 Å². The molecule has 0 atom stereocenters. The Morgan fingerprint density at radius 1 is 1.17 bits per heavy atom. The van der Waals surface area contributed by atoms with Gasteiger partial charge in [0, 0.05) is 18.1 Å². The Bertz CT molecular complexity index is 630. The van der Waals surface area contributed by atoms with E-state index in [1.165, 1.54) is 6.07 Å². The maximum atomic E-state index is 10.9. The molecule has 0 saturated heterocycles. The summed E-state index contributed by atoms with van der Waals surface area (Å²) < 4.78 is 0. The molecule has 0 N–H and O–H groups in total. The molecule has 4 nitrogen and oxygen atoms in total. The van der Waals surface area contributed by atoms with Crippen LogP contribution >= 0.6 is 0 Å². The Kier molecular flexibility index (Phi) is 3.35. The van der Waals surface area contributed by atoms with Crippen LogP contribution in [0.1, 0.15) is 16.7 Å². The fourth-order valence-corrected chi connectivity index (χ4v) is 1.81. The number of hydrogen-bond donors (Lipinski definition) is 0. The van der Waals surface area contributed by atoms with Crippen LogP contribution in [0.4, 0.5) is 5.69 Å². The van der Waals surface area contributed by atoms with Crippen molar-refractivity contribution < 1.29 is 4.92 Å². The van der Waals surface area contributed by atoms with Gasteiger partial charge in [-0.1, -0.05) is 30.3 Å². The van der Waals surface area contributed by atoms with Gasteiger partial charge in [0.05, 0.1) is 16.6 Å². The van der Waals surface area contributed by atoms with Gasteiger partial charge in [0.2, 0.25) is 0 Å². The molecule has 0 aliphatic rings. The first-order valence-corrected chi connectivity index (χ1v) is 5.42. The molecule has 0 unspecified atom stereocenters. The third-order valence-electron chi connectivity index (χ3n) is 2.64. The molecule has 88 valence electrons. The molecule has 0 amide bonds. The highest BCUT2D eigenvalue weighted by Crippen LogP contribution is 2.21. The van der Waals surface area contributed by atoms with E-state index >= 15 is 0 Å². The Hall–Kier alpha value is -2.67. The lowest BCUT2D eigenvalue weighted by molar-refractivity contribution is -0.385. The fraction of sp³-hybridized carbons (Fsp3) is 0.0714. The molecule has 18 heavy (non-hydrogen) atoms. The van der Waals surface area contributed by atoms with Crippen molar-refractivity contribution in [3.8, 4) is 6.07 Å². The van der Waals surface area contributed by atoms with Gasteiger partial charge in [-0.15, -0.1) is 0 Å². The van der Waals surface area contributed by atoms with Gasteiger partial charge in [-0.25, -0.2) is 0 Å². The van der Waals surface area contributed by atoms with Crippen LogP contribution in [0.15, 0.2) is 48.5 Å². The summed E-state index contributed by atoms with van der Waals surface area (Å²) in [6.07, 6.45) is 0.451. The molecular weight excluding hydrogens is 228 g/mol. The molecule has 0 radical (unpaired) electrons. The minimum absolute atomic E-state index is 0.111. The van der Waals surface area contributed by atoms with Gasteiger partial charge >= 0.3 is 0 Å². The zero-order chi connectivity index (χ0) is 13.0. The lowest BCUT2D eigenvalue weighted by Crippen LogP contribution is -1.96. The molecule has 4 heteroatoms. The van der Waals surface area contributed by atoms with Gasteiger partial charge in [-0.05, 0) is 17.7 Å². The van der Waals surface area contributed by atoms with Gasteiger partial charge in [-0.3, -0.25) is 10.1 Å². The molecule has 0 spiro atoms. The average Bonchev–Trinajstić information content (AvgIpc) is 2.39. The lowest BCUT2D eigenvalue weighted by Gasteiger charge is -2.03. The molecule has 0 aliphatic heterocycles. The number of rotatable bonds is 3. The Balaban J connectivity index is 2.34. The van der Waals surface area contributed by atoms with Crippen LogP contribution in [0.3, 0.4) is 0 Å². The highest BCUT2D eigenvalue weighted by molar-refractivity contribution is 5.44. The van der Waals surface area contributed by atoms with Crippen LogP contribution in [0, 0.1) is 21.4 Å². The van der Waals surface area contributed by atoms with Crippen molar-refractivity contribution in [2.24, 2.45) is 0 Å². The van der Waals surface area contributed by atoms with Crippen LogP contribution < -0.4 is 0 Å². The van der Waals surface area contributed by atoms with Gasteiger partial charge < -0.3 is 0 Å². The number of benzene rings is 2. The monoisotopic (exact) mass is 238 g/mol. The van der Waals surface area contributed by atoms with E-state index < -0.39 is 0 Å². The van der Waals surface area contributed by atoms with Gasteiger partial charge in [0.15, 0.2) is 0 Å². The molecule has 0 saturated carbocycles. The van der Waals surface area contributed by atoms with E-state index in [1.807, 2.05) is 6.07 Å². The quantitative estimate of drug-likeness (QED) is 0.609. The number of nitriles is 1. The minimum atomic E-state index is -0.385. The predicted molar refractivity (Wildman–Crippen MR) is 67.1 cm³/mol. The first-order chi connectivity index (χ1) is 8.70. The highest BCUT2D eigenvalue weighted by Gasteiger charge is 2.12. The molecule has 0 aromatic heterocycles. The van der Waals surface area contributed by atoms with Gasteiger partial charge in [0.25, 0.3) is 5.69 Å². The van der Waals surface area contributed by atoms with E-state index in [2.05, 4.69) is 6.07 Å². The summed E-state index contributed by atoms with van der Waals surface area (Å²) in [6.45, 7) is 0. The van der Waals surface area contributed by atoms with E-state index in [9.17, 15) is 10.1 Å². The predicted octanol–water partition coefficient (Wildman–Crippen LogP) is 3.06. The molecule has 0 aliphatic carbocycles. The van der Waals surface area contributed by atoms with E-state index in [0.29, 0.717) is 17.5 Å². The summed E-state index contributed by atoms with van der Waals surface area (Å²) in [4.78, 5) is 10.5. The summed E-state index contributed by atoms with van der Waals surface area (Å²) >= 11 is 0. The average molecular weight is 238 g/mol. The zero-order valence-corrected chi connectivity index (χ0v) is 9.54. The summed E-state index contributed by atoms with van der Waals surface area (Å²) in [5.74, 6) is 0.